The lowest BCUT2D eigenvalue weighted by molar-refractivity contribution is 0.580. The minimum absolute atomic E-state index is 0.205. The first-order valence-electron chi connectivity index (χ1n) is 6.55. The number of unbranched alkanes of at least 4 members (excludes halogenated alkanes) is 2. The first-order valence-corrected chi connectivity index (χ1v) is 6.55. The number of nitrogens with one attached hydrogen (secondary N) is 2. The van der Waals surface area contributed by atoms with Crippen molar-refractivity contribution in [2.24, 2.45) is 4.99 Å². The summed E-state index contributed by atoms with van der Waals surface area (Å²) in [6.45, 7) is 3.16. The summed E-state index contributed by atoms with van der Waals surface area (Å²) in [5.41, 5.74) is 0.288. The van der Waals surface area contributed by atoms with Crippen molar-refractivity contribution in [3.05, 3.63) is 35.4 Å². The highest BCUT2D eigenvalue weighted by atomic mass is 19.1. The van der Waals surface area contributed by atoms with Gasteiger partial charge in [-0.2, -0.15) is 0 Å². The van der Waals surface area contributed by atoms with E-state index >= 15 is 0 Å². The van der Waals surface area contributed by atoms with Gasteiger partial charge in [0, 0.05) is 25.7 Å². The third kappa shape index (κ3) is 5.68. The van der Waals surface area contributed by atoms with Crippen molar-refractivity contribution in [2.45, 2.75) is 32.7 Å². The summed E-state index contributed by atoms with van der Waals surface area (Å²) in [4.78, 5) is 4.03. The molecule has 0 atom stereocenters. The van der Waals surface area contributed by atoms with Gasteiger partial charge in [-0.05, 0) is 24.6 Å². The van der Waals surface area contributed by atoms with E-state index in [1.54, 1.807) is 7.05 Å². The Morgan fingerprint density at radius 2 is 2.00 bits per heavy atom. The number of benzene rings is 1. The Hall–Kier alpha value is -1.65. The number of rotatable bonds is 6. The lowest BCUT2D eigenvalue weighted by Crippen LogP contribution is -2.37. The lowest BCUT2D eigenvalue weighted by atomic mass is 10.2. The van der Waals surface area contributed by atoms with Gasteiger partial charge in [0.25, 0.3) is 0 Å². The SMILES string of the molecule is CCCCCNC(=NC)NCc1cc(F)ccc1F. The average molecular weight is 269 g/mol. The van der Waals surface area contributed by atoms with Gasteiger partial charge in [0.15, 0.2) is 5.96 Å². The van der Waals surface area contributed by atoms with E-state index in [0.29, 0.717) is 5.96 Å². The molecule has 0 aliphatic heterocycles. The van der Waals surface area contributed by atoms with E-state index < -0.39 is 11.6 Å². The van der Waals surface area contributed by atoms with E-state index in [4.69, 9.17) is 0 Å². The van der Waals surface area contributed by atoms with Crippen molar-refractivity contribution in [2.75, 3.05) is 13.6 Å². The van der Waals surface area contributed by atoms with Crippen LogP contribution in [0.2, 0.25) is 0 Å². The lowest BCUT2D eigenvalue weighted by Gasteiger charge is -2.12. The van der Waals surface area contributed by atoms with Crippen LogP contribution in [-0.2, 0) is 6.54 Å². The summed E-state index contributed by atoms with van der Waals surface area (Å²) in [6.07, 6.45) is 3.37. The van der Waals surface area contributed by atoms with Gasteiger partial charge < -0.3 is 10.6 Å². The van der Waals surface area contributed by atoms with E-state index in [0.717, 1.165) is 37.9 Å². The van der Waals surface area contributed by atoms with Gasteiger partial charge in [-0.15, -0.1) is 0 Å². The Balaban J connectivity index is 2.42. The van der Waals surface area contributed by atoms with Gasteiger partial charge in [-0.1, -0.05) is 19.8 Å². The normalized spacial score (nSPS) is 11.5. The van der Waals surface area contributed by atoms with Gasteiger partial charge in [-0.3, -0.25) is 4.99 Å². The van der Waals surface area contributed by atoms with Crippen molar-refractivity contribution in [3.63, 3.8) is 0 Å². The number of hydrogen-bond acceptors (Lipinski definition) is 1. The molecule has 0 fully saturated rings. The van der Waals surface area contributed by atoms with E-state index in [1.165, 1.54) is 6.07 Å². The molecule has 0 heterocycles. The predicted octanol–water partition coefficient (Wildman–Crippen LogP) is 2.82. The third-order valence-electron chi connectivity index (χ3n) is 2.75. The van der Waals surface area contributed by atoms with E-state index in [2.05, 4.69) is 22.5 Å². The molecule has 0 aliphatic rings. The Kier molecular flexibility index (Phi) is 6.85. The van der Waals surface area contributed by atoms with Crippen LogP contribution in [0.25, 0.3) is 0 Å². The van der Waals surface area contributed by atoms with Crippen LogP contribution in [-0.4, -0.2) is 19.6 Å². The quantitative estimate of drug-likeness (QED) is 0.473. The second-order valence-electron chi connectivity index (χ2n) is 4.30. The molecule has 19 heavy (non-hydrogen) atoms. The molecular formula is C14H21F2N3. The Morgan fingerprint density at radius 3 is 2.68 bits per heavy atom. The Morgan fingerprint density at radius 1 is 1.21 bits per heavy atom. The molecule has 0 amide bonds. The first-order chi connectivity index (χ1) is 9.17. The molecule has 0 radical (unpaired) electrons. The highest BCUT2D eigenvalue weighted by Crippen LogP contribution is 2.08. The molecule has 5 heteroatoms. The summed E-state index contributed by atoms with van der Waals surface area (Å²) in [6, 6.07) is 3.42. The number of aliphatic imine (C=N–C) groups is 1. The summed E-state index contributed by atoms with van der Waals surface area (Å²) < 4.78 is 26.4. The molecule has 0 saturated heterocycles. The smallest absolute Gasteiger partial charge is 0.191 e. The number of halogens is 2. The summed E-state index contributed by atoms with van der Waals surface area (Å²) in [7, 11) is 1.65. The van der Waals surface area contributed by atoms with Crippen LogP contribution < -0.4 is 10.6 Å². The number of guanidine groups is 1. The van der Waals surface area contributed by atoms with Gasteiger partial charge in [0.05, 0.1) is 0 Å². The van der Waals surface area contributed by atoms with Crippen LogP contribution in [0.4, 0.5) is 8.78 Å². The zero-order valence-corrected chi connectivity index (χ0v) is 11.5. The molecule has 1 rings (SSSR count). The standard InChI is InChI=1S/C14H21F2N3/c1-3-4-5-8-18-14(17-2)19-10-11-9-12(15)6-7-13(11)16/h6-7,9H,3-5,8,10H2,1-2H3,(H2,17,18,19). The number of hydrogen-bond donors (Lipinski definition) is 2. The van der Waals surface area contributed by atoms with E-state index in [-0.39, 0.29) is 12.1 Å². The predicted molar refractivity (Wildman–Crippen MR) is 74.1 cm³/mol. The summed E-state index contributed by atoms with van der Waals surface area (Å²) in [5, 5.41) is 6.09. The largest absolute Gasteiger partial charge is 0.356 e. The van der Waals surface area contributed by atoms with Crippen molar-refractivity contribution < 1.29 is 8.78 Å². The first kappa shape index (κ1) is 15.4. The van der Waals surface area contributed by atoms with Gasteiger partial charge in [-0.25, -0.2) is 8.78 Å². The fourth-order valence-corrected chi connectivity index (χ4v) is 1.66. The van der Waals surface area contributed by atoms with Crippen molar-refractivity contribution in [1.82, 2.24) is 10.6 Å². The molecule has 106 valence electrons. The van der Waals surface area contributed by atoms with Crippen LogP contribution in [0.3, 0.4) is 0 Å². The Labute approximate surface area is 113 Å². The second-order valence-corrected chi connectivity index (χ2v) is 4.30. The molecule has 0 aromatic heterocycles. The van der Waals surface area contributed by atoms with Crippen molar-refractivity contribution >= 4 is 5.96 Å². The molecule has 3 nitrogen and oxygen atoms in total. The fraction of sp³-hybridized carbons (Fsp3) is 0.500. The average Bonchev–Trinajstić information content (AvgIpc) is 2.41. The topological polar surface area (TPSA) is 36.4 Å². The maximum absolute atomic E-state index is 13.4. The van der Waals surface area contributed by atoms with E-state index in [1.807, 2.05) is 0 Å². The van der Waals surface area contributed by atoms with Gasteiger partial charge >= 0.3 is 0 Å². The maximum atomic E-state index is 13.4. The molecule has 1 aromatic rings. The van der Waals surface area contributed by atoms with Crippen molar-refractivity contribution in [3.8, 4) is 0 Å². The van der Waals surface area contributed by atoms with Gasteiger partial charge in [0.2, 0.25) is 0 Å². The van der Waals surface area contributed by atoms with Crippen LogP contribution in [0.1, 0.15) is 31.7 Å². The van der Waals surface area contributed by atoms with Crippen LogP contribution >= 0.6 is 0 Å². The molecule has 0 aliphatic carbocycles. The molecule has 2 N–H and O–H groups in total. The van der Waals surface area contributed by atoms with Crippen molar-refractivity contribution in [1.29, 1.82) is 0 Å². The minimum Gasteiger partial charge on any atom is -0.356 e. The van der Waals surface area contributed by atoms with Gasteiger partial charge in [0.1, 0.15) is 11.6 Å². The molecule has 0 saturated carbocycles. The number of nitrogens with zero attached hydrogens (tertiary/aromatic N) is 1. The van der Waals surface area contributed by atoms with Crippen LogP contribution in [0, 0.1) is 11.6 Å². The summed E-state index contributed by atoms with van der Waals surface area (Å²) >= 11 is 0. The third-order valence-corrected chi connectivity index (χ3v) is 2.75. The molecule has 0 bridgehead atoms. The molecule has 0 unspecified atom stereocenters. The monoisotopic (exact) mass is 269 g/mol. The van der Waals surface area contributed by atoms with Crippen LogP contribution in [0.15, 0.2) is 23.2 Å². The fourth-order valence-electron chi connectivity index (χ4n) is 1.66. The van der Waals surface area contributed by atoms with E-state index in [9.17, 15) is 8.78 Å². The second kappa shape index (κ2) is 8.45. The highest BCUT2D eigenvalue weighted by molar-refractivity contribution is 5.79. The molecular weight excluding hydrogens is 248 g/mol. The molecule has 0 spiro atoms. The zero-order valence-electron chi connectivity index (χ0n) is 11.5. The summed E-state index contributed by atoms with van der Waals surface area (Å²) in [5.74, 6) is -0.265. The molecule has 1 aromatic carbocycles. The minimum atomic E-state index is -0.441. The zero-order chi connectivity index (χ0) is 14.1. The highest BCUT2D eigenvalue weighted by Gasteiger charge is 2.04. The van der Waals surface area contributed by atoms with Crippen LogP contribution in [0.5, 0.6) is 0 Å². The maximum Gasteiger partial charge on any atom is 0.191 e. The Bertz CT molecular complexity index is 419.